The van der Waals surface area contributed by atoms with Crippen LogP contribution < -0.4 is 5.32 Å². The molecule has 0 saturated carbocycles. The third-order valence-corrected chi connectivity index (χ3v) is 4.83. The Morgan fingerprint density at radius 2 is 1.85 bits per heavy atom. The van der Waals surface area contributed by atoms with Gasteiger partial charge < -0.3 is 10.2 Å². The van der Waals surface area contributed by atoms with Gasteiger partial charge in [-0.3, -0.25) is 9.69 Å². The van der Waals surface area contributed by atoms with Crippen molar-refractivity contribution in [2.45, 2.75) is 64.5 Å². The maximum atomic E-state index is 12.7. The Kier molecular flexibility index (Phi) is 6.30. The summed E-state index contributed by atoms with van der Waals surface area (Å²) >= 11 is 0. The molecular formula is C16H31N3O. The Labute approximate surface area is 123 Å². The lowest BCUT2D eigenvalue weighted by atomic mass is 9.99. The summed E-state index contributed by atoms with van der Waals surface area (Å²) in [4.78, 5) is 17.2. The summed E-state index contributed by atoms with van der Waals surface area (Å²) in [7, 11) is 0. The predicted molar refractivity (Wildman–Crippen MR) is 82.8 cm³/mol. The second kappa shape index (κ2) is 7.99. The summed E-state index contributed by atoms with van der Waals surface area (Å²) in [5.74, 6) is 0.355. The molecule has 0 radical (unpaired) electrons. The standard InChI is InChI=1S/C16H31N3O/c1-3-17-13-15-9-5-8-12-19(15)14(2)16(20)18-10-6-4-7-11-18/h14-15,17H,3-13H2,1-2H3. The number of carbonyl (C=O) groups is 1. The van der Waals surface area contributed by atoms with E-state index in [0.717, 1.165) is 32.7 Å². The number of nitrogens with one attached hydrogen (secondary N) is 1. The van der Waals surface area contributed by atoms with Gasteiger partial charge in [0.05, 0.1) is 6.04 Å². The van der Waals surface area contributed by atoms with Crippen molar-refractivity contribution in [3.8, 4) is 0 Å². The highest BCUT2D eigenvalue weighted by Crippen LogP contribution is 2.21. The predicted octanol–water partition coefficient (Wildman–Crippen LogP) is 1.85. The molecule has 2 rings (SSSR count). The second-order valence-electron chi connectivity index (χ2n) is 6.26. The first-order valence-electron chi connectivity index (χ1n) is 8.49. The molecule has 116 valence electrons. The van der Waals surface area contributed by atoms with E-state index in [0.29, 0.717) is 11.9 Å². The summed E-state index contributed by atoms with van der Waals surface area (Å²) in [5, 5.41) is 3.45. The highest BCUT2D eigenvalue weighted by Gasteiger charge is 2.32. The topological polar surface area (TPSA) is 35.6 Å². The Hall–Kier alpha value is -0.610. The molecule has 2 aliphatic rings. The third kappa shape index (κ3) is 3.95. The number of piperidine rings is 2. The lowest BCUT2D eigenvalue weighted by Gasteiger charge is -2.41. The summed E-state index contributed by atoms with van der Waals surface area (Å²) in [6, 6.07) is 0.587. The first-order valence-corrected chi connectivity index (χ1v) is 8.49. The monoisotopic (exact) mass is 281 g/mol. The number of likely N-dealkylation sites (N-methyl/N-ethyl adjacent to an activating group) is 1. The normalized spacial score (nSPS) is 26.5. The van der Waals surface area contributed by atoms with Crippen LogP contribution in [0.25, 0.3) is 0 Å². The first-order chi connectivity index (χ1) is 9.74. The molecule has 2 fully saturated rings. The molecule has 2 aliphatic heterocycles. The zero-order valence-corrected chi connectivity index (χ0v) is 13.2. The zero-order valence-electron chi connectivity index (χ0n) is 13.2. The van der Waals surface area contributed by atoms with E-state index < -0.39 is 0 Å². The molecule has 1 N–H and O–H groups in total. The van der Waals surface area contributed by atoms with Gasteiger partial charge in [-0.25, -0.2) is 0 Å². The molecule has 2 heterocycles. The van der Waals surface area contributed by atoms with E-state index in [2.05, 4.69) is 29.0 Å². The molecule has 0 aromatic heterocycles. The smallest absolute Gasteiger partial charge is 0.239 e. The van der Waals surface area contributed by atoms with E-state index in [1.54, 1.807) is 0 Å². The number of amides is 1. The summed E-state index contributed by atoms with van der Waals surface area (Å²) in [6.07, 6.45) is 7.41. The molecule has 4 heteroatoms. The lowest BCUT2D eigenvalue weighted by Crippen LogP contribution is -2.55. The van der Waals surface area contributed by atoms with E-state index in [1.807, 2.05) is 0 Å². The van der Waals surface area contributed by atoms with Crippen LogP contribution in [-0.2, 0) is 4.79 Å². The van der Waals surface area contributed by atoms with Crippen molar-refractivity contribution >= 4 is 5.91 Å². The molecular weight excluding hydrogens is 250 g/mol. The number of hydrogen-bond donors (Lipinski definition) is 1. The fraction of sp³-hybridized carbons (Fsp3) is 0.938. The minimum Gasteiger partial charge on any atom is -0.341 e. The molecule has 1 amide bonds. The number of likely N-dealkylation sites (tertiary alicyclic amines) is 2. The number of hydrogen-bond acceptors (Lipinski definition) is 3. The van der Waals surface area contributed by atoms with Gasteiger partial charge in [-0.2, -0.15) is 0 Å². The average Bonchev–Trinajstić information content (AvgIpc) is 2.52. The largest absolute Gasteiger partial charge is 0.341 e. The van der Waals surface area contributed by atoms with E-state index in [-0.39, 0.29) is 6.04 Å². The van der Waals surface area contributed by atoms with Crippen molar-refractivity contribution in [3.63, 3.8) is 0 Å². The van der Waals surface area contributed by atoms with Gasteiger partial charge in [0.25, 0.3) is 0 Å². The molecule has 4 nitrogen and oxygen atoms in total. The molecule has 2 atom stereocenters. The van der Waals surface area contributed by atoms with E-state index in [9.17, 15) is 4.79 Å². The van der Waals surface area contributed by atoms with Crippen LogP contribution in [0.15, 0.2) is 0 Å². The van der Waals surface area contributed by atoms with Gasteiger partial charge in [0.2, 0.25) is 5.91 Å². The minimum atomic E-state index is 0.0528. The Bertz CT molecular complexity index is 302. The number of nitrogens with zero attached hydrogens (tertiary/aromatic N) is 2. The van der Waals surface area contributed by atoms with E-state index in [1.165, 1.54) is 38.5 Å². The van der Waals surface area contributed by atoms with Crippen molar-refractivity contribution < 1.29 is 4.79 Å². The van der Waals surface area contributed by atoms with Crippen LogP contribution in [0.3, 0.4) is 0 Å². The summed E-state index contributed by atoms with van der Waals surface area (Å²) < 4.78 is 0. The maximum absolute atomic E-state index is 12.7. The average molecular weight is 281 g/mol. The Morgan fingerprint density at radius 1 is 1.15 bits per heavy atom. The Morgan fingerprint density at radius 3 is 2.55 bits per heavy atom. The lowest BCUT2D eigenvalue weighted by molar-refractivity contribution is -0.138. The molecule has 2 unspecified atom stereocenters. The van der Waals surface area contributed by atoms with Crippen LogP contribution >= 0.6 is 0 Å². The highest BCUT2D eigenvalue weighted by molar-refractivity contribution is 5.81. The van der Waals surface area contributed by atoms with E-state index in [4.69, 9.17) is 0 Å². The van der Waals surface area contributed by atoms with Gasteiger partial charge in [0.15, 0.2) is 0 Å². The molecule has 20 heavy (non-hydrogen) atoms. The molecule has 0 aromatic carbocycles. The fourth-order valence-corrected chi connectivity index (χ4v) is 3.58. The van der Waals surface area contributed by atoms with E-state index >= 15 is 0 Å². The quantitative estimate of drug-likeness (QED) is 0.835. The molecule has 0 aliphatic carbocycles. The minimum absolute atomic E-state index is 0.0528. The van der Waals surface area contributed by atoms with Crippen LogP contribution in [0.4, 0.5) is 0 Å². The fourth-order valence-electron chi connectivity index (χ4n) is 3.58. The van der Waals surface area contributed by atoms with Crippen molar-refractivity contribution in [1.82, 2.24) is 15.1 Å². The van der Waals surface area contributed by atoms with Crippen LogP contribution in [0.1, 0.15) is 52.4 Å². The van der Waals surface area contributed by atoms with Gasteiger partial charge in [-0.15, -0.1) is 0 Å². The van der Waals surface area contributed by atoms with Gasteiger partial charge >= 0.3 is 0 Å². The van der Waals surface area contributed by atoms with Crippen molar-refractivity contribution in [2.75, 3.05) is 32.7 Å². The van der Waals surface area contributed by atoms with Gasteiger partial charge in [0, 0.05) is 25.7 Å². The second-order valence-corrected chi connectivity index (χ2v) is 6.26. The van der Waals surface area contributed by atoms with Crippen molar-refractivity contribution in [2.24, 2.45) is 0 Å². The number of rotatable bonds is 5. The highest BCUT2D eigenvalue weighted by atomic mass is 16.2. The van der Waals surface area contributed by atoms with Crippen molar-refractivity contribution in [3.05, 3.63) is 0 Å². The summed E-state index contributed by atoms with van der Waals surface area (Å²) in [5.41, 5.74) is 0. The van der Waals surface area contributed by atoms with Crippen LogP contribution in [0.5, 0.6) is 0 Å². The molecule has 0 aromatic rings. The molecule has 0 bridgehead atoms. The maximum Gasteiger partial charge on any atom is 0.239 e. The third-order valence-electron chi connectivity index (χ3n) is 4.83. The van der Waals surface area contributed by atoms with Crippen LogP contribution in [0.2, 0.25) is 0 Å². The van der Waals surface area contributed by atoms with Crippen LogP contribution in [0, 0.1) is 0 Å². The molecule has 0 spiro atoms. The van der Waals surface area contributed by atoms with Crippen LogP contribution in [-0.4, -0.2) is 60.5 Å². The van der Waals surface area contributed by atoms with Gasteiger partial charge in [0.1, 0.15) is 0 Å². The number of carbonyl (C=O) groups excluding carboxylic acids is 1. The van der Waals surface area contributed by atoms with Gasteiger partial charge in [-0.1, -0.05) is 13.3 Å². The SMILES string of the molecule is CCNCC1CCCCN1C(C)C(=O)N1CCCCC1. The zero-order chi connectivity index (χ0) is 14.4. The van der Waals surface area contributed by atoms with Gasteiger partial charge in [-0.05, 0) is 52.1 Å². The van der Waals surface area contributed by atoms with Crippen molar-refractivity contribution in [1.29, 1.82) is 0 Å². The summed E-state index contributed by atoms with van der Waals surface area (Å²) in [6.45, 7) is 9.31. The molecule has 2 saturated heterocycles. The first kappa shape index (κ1) is 15.8. The Balaban J connectivity index is 1.93.